The minimum absolute atomic E-state index is 0.113. The largest absolute Gasteiger partial charge is 0.337 e. The first-order valence-corrected chi connectivity index (χ1v) is 8.86. The molecule has 1 fully saturated rings. The van der Waals surface area contributed by atoms with E-state index >= 15 is 0 Å². The van der Waals surface area contributed by atoms with Crippen LogP contribution in [0.4, 0.5) is 5.69 Å². The van der Waals surface area contributed by atoms with E-state index in [9.17, 15) is 13.2 Å². The minimum atomic E-state index is -3.87. The van der Waals surface area contributed by atoms with Crippen LogP contribution in [0.2, 0.25) is 0 Å². The number of carbonyl (C=O) groups is 1. The fourth-order valence-electron chi connectivity index (χ4n) is 2.75. The summed E-state index contributed by atoms with van der Waals surface area (Å²) in [4.78, 5) is 14.2. The molecule has 2 heterocycles. The van der Waals surface area contributed by atoms with E-state index in [0.29, 0.717) is 24.7 Å². The van der Waals surface area contributed by atoms with Gasteiger partial charge in [-0.1, -0.05) is 13.0 Å². The van der Waals surface area contributed by atoms with Crippen molar-refractivity contribution < 1.29 is 13.2 Å². The summed E-state index contributed by atoms with van der Waals surface area (Å²) in [5.74, 6) is 0.0569. The molecule has 0 aromatic heterocycles. The van der Waals surface area contributed by atoms with Gasteiger partial charge in [0.05, 0.1) is 10.6 Å². The predicted octanol–water partition coefficient (Wildman–Crippen LogP) is 1.77. The van der Waals surface area contributed by atoms with Crippen molar-refractivity contribution >= 4 is 26.5 Å². The maximum Gasteiger partial charge on any atom is 0.286 e. The Morgan fingerprint density at radius 2 is 2.00 bits per heavy atom. The third kappa shape index (κ3) is 2.49. The summed E-state index contributed by atoms with van der Waals surface area (Å²) in [6, 6.07) is 4.95. The fourth-order valence-corrected chi connectivity index (χ4v) is 4.12. The molecule has 0 saturated carbocycles. The lowest BCUT2D eigenvalue weighted by Gasteiger charge is -2.31. The third-order valence-electron chi connectivity index (χ3n) is 4.21. The standard InChI is InChI=1S/C15H19N3O3S/c1-10-5-7-18(8-6-10)15(19)14-17-16-12-9-11(2)3-4-13(12)22(14,20)21/h3-4,9-10,16H,5-8H2,1-2H3. The van der Waals surface area contributed by atoms with Crippen molar-refractivity contribution in [3.63, 3.8) is 0 Å². The number of benzene rings is 1. The highest BCUT2D eigenvalue weighted by molar-refractivity contribution is 8.08. The van der Waals surface area contributed by atoms with E-state index in [1.54, 1.807) is 17.0 Å². The molecule has 1 aromatic rings. The zero-order chi connectivity index (χ0) is 15.9. The van der Waals surface area contributed by atoms with Gasteiger partial charge in [-0.25, -0.2) is 8.42 Å². The van der Waals surface area contributed by atoms with Crippen molar-refractivity contribution in [2.24, 2.45) is 11.0 Å². The maximum absolute atomic E-state index is 12.6. The first-order chi connectivity index (χ1) is 10.4. The van der Waals surface area contributed by atoms with Gasteiger partial charge in [0.25, 0.3) is 5.91 Å². The molecular weight excluding hydrogens is 302 g/mol. The zero-order valence-electron chi connectivity index (χ0n) is 12.7. The van der Waals surface area contributed by atoms with Gasteiger partial charge in [0.2, 0.25) is 14.9 Å². The average molecular weight is 321 g/mol. The van der Waals surface area contributed by atoms with Crippen molar-refractivity contribution in [3.8, 4) is 0 Å². The van der Waals surface area contributed by atoms with Gasteiger partial charge in [0.1, 0.15) is 0 Å². The van der Waals surface area contributed by atoms with E-state index in [0.717, 1.165) is 18.4 Å². The van der Waals surface area contributed by atoms with Crippen LogP contribution in [0.1, 0.15) is 25.3 Å². The number of fused-ring (bicyclic) bond motifs is 1. The summed E-state index contributed by atoms with van der Waals surface area (Å²) in [7, 11) is -3.87. The van der Waals surface area contributed by atoms with E-state index in [-0.39, 0.29) is 4.90 Å². The molecule has 7 heteroatoms. The van der Waals surface area contributed by atoms with Crippen LogP contribution in [-0.2, 0) is 14.6 Å². The van der Waals surface area contributed by atoms with Crippen molar-refractivity contribution in [3.05, 3.63) is 23.8 Å². The highest BCUT2D eigenvalue weighted by Gasteiger charge is 2.37. The van der Waals surface area contributed by atoms with E-state index in [4.69, 9.17) is 0 Å². The molecule has 0 spiro atoms. The molecular formula is C15H19N3O3S. The van der Waals surface area contributed by atoms with Crippen molar-refractivity contribution in [2.45, 2.75) is 31.6 Å². The van der Waals surface area contributed by atoms with Crippen LogP contribution in [0, 0.1) is 12.8 Å². The Hall–Kier alpha value is -1.89. The van der Waals surface area contributed by atoms with Crippen LogP contribution in [0.25, 0.3) is 0 Å². The number of rotatable bonds is 1. The van der Waals surface area contributed by atoms with Crippen molar-refractivity contribution in [2.75, 3.05) is 18.5 Å². The number of hydrogen-bond acceptors (Lipinski definition) is 5. The normalized spacial score (nSPS) is 20.8. The Labute approximate surface area is 130 Å². The number of carbonyl (C=O) groups excluding carboxylic acids is 1. The second kappa shape index (κ2) is 5.39. The van der Waals surface area contributed by atoms with E-state index in [1.807, 2.05) is 6.92 Å². The number of anilines is 1. The van der Waals surface area contributed by atoms with E-state index in [2.05, 4.69) is 17.5 Å². The number of nitrogens with one attached hydrogen (secondary N) is 1. The van der Waals surface area contributed by atoms with Gasteiger partial charge >= 0.3 is 0 Å². The Balaban J connectivity index is 1.91. The second-order valence-corrected chi connectivity index (χ2v) is 7.84. The monoisotopic (exact) mass is 321 g/mol. The molecule has 2 aliphatic rings. The molecule has 0 bridgehead atoms. The maximum atomic E-state index is 12.6. The van der Waals surface area contributed by atoms with Crippen LogP contribution < -0.4 is 5.43 Å². The lowest BCUT2D eigenvalue weighted by molar-refractivity contribution is -0.125. The molecule has 1 aromatic carbocycles. The van der Waals surface area contributed by atoms with Gasteiger partial charge in [0, 0.05) is 13.1 Å². The molecule has 0 atom stereocenters. The molecule has 0 unspecified atom stereocenters. The van der Waals surface area contributed by atoms with Crippen LogP contribution in [-0.4, -0.2) is 37.4 Å². The lowest BCUT2D eigenvalue weighted by atomic mass is 9.99. The molecule has 22 heavy (non-hydrogen) atoms. The number of piperidine rings is 1. The summed E-state index contributed by atoms with van der Waals surface area (Å²) in [6.07, 6.45) is 1.78. The fraction of sp³-hybridized carbons (Fsp3) is 0.467. The number of amides is 1. The van der Waals surface area contributed by atoms with Gasteiger partial charge in [-0.15, -0.1) is 0 Å². The molecule has 1 N–H and O–H groups in total. The van der Waals surface area contributed by atoms with Gasteiger partial charge in [-0.3, -0.25) is 10.2 Å². The molecule has 2 aliphatic heterocycles. The lowest BCUT2D eigenvalue weighted by Crippen LogP contribution is -2.45. The van der Waals surface area contributed by atoms with Crippen molar-refractivity contribution in [1.82, 2.24) is 4.90 Å². The van der Waals surface area contributed by atoms with Crippen LogP contribution in [0.15, 0.2) is 28.2 Å². The number of aryl methyl sites for hydroxylation is 1. The molecule has 6 nitrogen and oxygen atoms in total. The van der Waals surface area contributed by atoms with E-state index < -0.39 is 20.8 Å². The van der Waals surface area contributed by atoms with Crippen LogP contribution in [0.5, 0.6) is 0 Å². The highest BCUT2D eigenvalue weighted by Crippen LogP contribution is 2.29. The smallest absolute Gasteiger partial charge is 0.286 e. The molecule has 0 radical (unpaired) electrons. The highest BCUT2D eigenvalue weighted by atomic mass is 32.2. The molecule has 3 rings (SSSR count). The van der Waals surface area contributed by atoms with Crippen LogP contribution in [0.3, 0.4) is 0 Å². The minimum Gasteiger partial charge on any atom is -0.337 e. The number of hydrazone groups is 1. The molecule has 118 valence electrons. The quantitative estimate of drug-likeness (QED) is 0.855. The topological polar surface area (TPSA) is 78.8 Å². The molecule has 1 saturated heterocycles. The Morgan fingerprint density at radius 3 is 2.68 bits per heavy atom. The predicted molar refractivity (Wildman–Crippen MR) is 84.4 cm³/mol. The second-order valence-electron chi connectivity index (χ2n) is 6.01. The van der Waals surface area contributed by atoms with Crippen molar-refractivity contribution in [1.29, 1.82) is 0 Å². The third-order valence-corrected chi connectivity index (χ3v) is 5.92. The number of nitrogens with zero attached hydrogens (tertiary/aromatic N) is 2. The number of hydrogen-bond donors (Lipinski definition) is 1. The summed E-state index contributed by atoms with van der Waals surface area (Å²) < 4.78 is 25.3. The summed E-state index contributed by atoms with van der Waals surface area (Å²) in [5, 5.41) is 3.44. The SMILES string of the molecule is Cc1ccc2c(c1)NN=C(C(=O)N1CCC(C)CC1)S2(=O)=O. The summed E-state index contributed by atoms with van der Waals surface area (Å²) in [5.41, 5.74) is 4.05. The average Bonchev–Trinajstić information content (AvgIpc) is 2.47. The zero-order valence-corrected chi connectivity index (χ0v) is 13.5. The van der Waals surface area contributed by atoms with Crippen LogP contribution >= 0.6 is 0 Å². The first-order valence-electron chi connectivity index (χ1n) is 7.38. The van der Waals surface area contributed by atoms with Gasteiger partial charge < -0.3 is 4.90 Å². The summed E-state index contributed by atoms with van der Waals surface area (Å²) >= 11 is 0. The summed E-state index contributed by atoms with van der Waals surface area (Å²) in [6.45, 7) is 5.16. The van der Waals surface area contributed by atoms with Gasteiger partial charge in [-0.2, -0.15) is 5.10 Å². The Kier molecular flexibility index (Phi) is 3.68. The van der Waals surface area contributed by atoms with Gasteiger partial charge in [-0.05, 0) is 43.4 Å². The number of likely N-dealkylation sites (tertiary alicyclic amines) is 1. The van der Waals surface area contributed by atoms with E-state index in [1.165, 1.54) is 6.07 Å². The molecule has 1 amide bonds. The Bertz CT molecular complexity index is 747. The number of sulfone groups is 1. The Morgan fingerprint density at radius 1 is 1.32 bits per heavy atom. The molecule has 0 aliphatic carbocycles. The van der Waals surface area contributed by atoms with Gasteiger partial charge in [0.15, 0.2) is 0 Å². The first kappa shape index (κ1) is 15.0.